The summed E-state index contributed by atoms with van der Waals surface area (Å²) in [6.07, 6.45) is 3.63. The molecule has 108 valence electrons. The fraction of sp³-hybridized carbons (Fsp3) is 0.562. The third kappa shape index (κ3) is 2.45. The van der Waals surface area contributed by atoms with Crippen molar-refractivity contribution in [2.75, 3.05) is 19.6 Å². The molecule has 1 aliphatic rings. The number of nitrogens with zero attached hydrogens (tertiary/aromatic N) is 3. The van der Waals surface area contributed by atoms with Crippen LogP contribution in [0, 0.1) is 0 Å². The highest BCUT2D eigenvalue weighted by Gasteiger charge is 2.24. The van der Waals surface area contributed by atoms with Gasteiger partial charge in [0.2, 0.25) is 0 Å². The Morgan fingerprint density at radius 1 is 1.25 bits per heavy atom. The van der Waals surface area contributed by atoms with Crippen molar-refractivity contribution >= 4 is 11.0 Å². The standard InChI is InChI=1S/C16H24N4/c1-13(19-10-4-5-11-19)16-18-14-7-2-3-8-15(14)20(16)12-6-9-17/h2-3,7-8,13H,4-6,9-12,17H2,1H3. The van der Waals surface area contributed by atoms with Crippen molar-refractivity contribution in [1.29, 1.82) is 0 Å². The van der Waals surface area contributed by atoms with Gasteiger partial charge in [-0.2, -0.15) is 0 Å². The van der Waals surface area contributed by atoms with E-state index in [2.05, 4.69) is 40.7 Å². The molecule has 2 N–H and O–H groups in total. The van der Waals surface area contributed by atoms with Crippen molar-refractivity contribution in [3.8, 4) is 0 Å². The highest BCUT2D eigenvalue weighted by atomic mass is 15.2. The summed E-state index contributed by atoms with van der Waals surface area (Å²) in [7, 11) is 0. The highest BCUT2D eigenvalue weighted by Crippen LogP contribution is 2.27. The number of likely N-dealkylation sites (tertiary alicyclic amines) is 1. The van der Waals surface area contributed by atoms with Gasteiger partial charge in [-0.3, -0.25) is 4.90 Å². The quantitative estimate of drug-likeness (QED) is 0.910. The summed E-state index contributed by atoms with van der Waals surface area (Å²) < 4.78 is 2.37. The molecule has 2 heterocycles. The van der Waals surface area contributed by atoms with Crippen molar-refractivity contribution in [2.24, 2.45) is 5.73 Å². The Hall–Kier alpha value is -1.39. The van der Waals surface area contributed by atoms with E-state index in [0.717, 1.165) is 25.0 Å². The number of hydrogen-bond donors (Lipinski definition) is 1. The molecule has 4 nitrogen and oxygen atoms in total. The fourth-order valence-electron chi connectivity index (χ4n) is 3.19. The zero-order chi connectivity index (χ0) is 13.9. The summed E-state index contributed by atoms with van der Waals surface area (Å²) >= 11 is 0. The van der Waals surface area contributed by atoms with Gasteiger partial charge in [0.25, 0.3) is 0 Å². The van der Waals surface area contributed by atoms with Crippen molar-refractivity contribution in [3.05, 3.63) is 30.1 Å². The number of imidazole rings is 1. The minimum atomic E-state index is 0.391. The maximum absolute atomic E-state index is 5.69. The lowest BCUT2D eigenvalue weighted by molar-refractivity contribution is 0.248. The van der Waals surface area contributed by atoms with E-state index in [0.29, 0.717) is 6.04 Å². The predicted octanol–water partition coefficient (Wildman–Crippen LogP) is 2.54. The molecule has 1 unspecified atom stereocenters. The molecule has 1 aliphatic heterocycles. The van der Waals surface area contributed by atoms with Gasteiger partial charge in [-0.25, -0.2) is 4.98 Å². The molecule has 20 heavy (non-hydrogen) atoms. The zero-order valence-corrected chi connectivity index (χ0v) is 12.3. The molecule has 2 aromatic rings. The minimum absolute atomic E-state index is 0.391. The van der Waals surface area contributed by atoms with Gasteiger partial charge in [-0.05, 0) is 58.0 Å². The second kappa shape index (κ2) is 5.94. The maximum atomic E-state index is 5.69. The van der Waals surface area contributed by atoms with Gasteiger partial charge in [-0.1, -0.05) is 12.1 Å². The van der Waals surface area contributed by atoms with Gasteiger partial charge in [0, 0.05) is 6.54 Å². The molecule has 1 saturated heterocycles. The smallest absolute Gasteiger partial charge is 0.127 e. The number of rotatable bonds is 5. The van der Waals surface area contributed by atoms with Gasteiger partial charge in [0.05, 0.1) is 17.1 Å². The monoisotopic (exact) mass is 272 g/mol. The second-order valence-electron chi connectivity index (χ2n) is 5.67. The molecule has 1 fully saturated rings. The number of para-hydroxylation sites is 2. The molecule has 1 aromatic carbocycles. The van der Waals surface area contributed by atoms with Crippen LogP contribution in [0.3, 0.4) is 0 Å². The van der Waals surface area contributed by atoms with Crippen molar-refractivity contribution in [3.63, 3.8) is 0 Å². The molecule has 0 aliphatic carbocycles. The number of hydrogen-bond acceptors (Lipinski definition) is 3. The van der Waals surface area contributed by atoms with Crippen LogP contribution in [0.25, 0.3) is 11.0 Å². The van der Waals surface area contributed by atoms with Gasteiger partial charge >= 0.3 is 0 Å². The summed E-state index contributed by atoms with van der Waals surface area (Å²) in [5.41, 5.74) is 8.03. The average Bonchev–Trinajstić information content (AvgIpc) is 3.12. The number of aromatic nitrogens is 2. The van der Waals surface area contributed by atoms with E-state index in [1.165, 1.54) is 37.3 Å². The van der Waals surface area contributed by atoms with Crippen LogP contribution in [0.5, 0.6) is 0 Å². The lowest BCUT2D eigenvalue weighted by atomic mass is 10.2. The summed E-state index contributed by atoms with van der Waals surface area (Å²) in [5.74, 6) is 1.20. The summed E-state index contributed by atoms with van der Waals surface area (Å²) in [6, 6.07) is 8.82. The normalized spacial score (nSPS) is 17.9. The van der Waals surface area contributed by atoms with Crippen molar-refractivity contribution in [2.45, 2.75) is 38.8 Å². The molecule has 0 bridgehead atoms. The van der Waals surface area contributed by atoms with E-state index in [1.807, 2.05) is 0 Å². The van der Waals surface area contributed by atoms with E-state index in [4.69, 9.17) is 10.7 Å². The average molecular weight is 272 g/mol. The predicted molar refractivity (Wildman–Crippen MR) is 82.6 cm³/mol. The SMILES string of the molecule is CC(c1nc2ccccc2n1CCCN)N1CCCC1. The first-order chi connectivity index (χ1) is 9.81. The molecule has 3 rings (SSSR count). The summed E-state index contributed by atoms with van der Waals surface area (Å²) in [6.45, 7) is 6.36. The molecule has 0 spiro atoms. The van der Waals surface area contributed by atoms with E-state index in [9.17, 15) is 0 Å². The van der Waals surface area contributed by atoms with Crippen molar-refractivity contribution in [1.82, 2.24) is 14.5 Å². The highest BCUT2D eigenvalue weighted by molar-refractivity contribution is 5.76. The lowest BCUT2D eigenvalue weighted by Crippen LogP contribution is -2.26. The van der Waals surface area contributed by atoms with Crippen LogP contribution in [0.2, 0.25) is 0 Å². The fourth-order valence-corrected chi connectivity index (χ4v) is 3.19. The molecule has 1 aromatic heterocycles. The lowest BCUT2D eigenvalue weighted by Gasteiger charge is -2.24. The van der Waals surface area contributed by atoms with Gasteiger partial charge in [0.1, 0.15) is 5.82 Å². The van der Waals surface area contributed by atoms with Gasteiger partial charge in [-0.15, -0.1) is 0 Å². The Kier molecular flexibility index (Phi) is 4.03. The first kappa shape index (κ1) is 13.6. The van der Waals surface area contributed by atoms with Crippen LogP contribution < -0.4 is 5.73 Å². The van der Waals surface area contributed by atoms with Gasteiger partial charge < -0.3 is 10.3 Å². The minimum Gasteiger partial charge on any atom is -0.330 e. The van der Waals surface area contributed by atoms with Crippen LogP contribution in [0.15, 0.2) is 24.3 Å². The zero-order valence-electron chi connectivity index (χ0n) is 12.3. The Bertz CT molecular complexity index is 569. The van der Waals surface area contributed by atoms with E-state index < -0.39 is 0 Å². The summed E-state index contributed by atoms with van der Waals surface area (Å²) in [4.78, 5) is 7.43. The van der Waals surface area contributed by atoms with Crippen LogP contribution in [0.4, 0.5) is 0 Å². The van der Waals surface area contributed by atoms with Gasteiger partial charge in [0.15, 0.2) is 0 Å². The molecule has 0 saturated carbocycles. The first-order valence-electron chi connectivity index (χ1n) is 7.70. The van der Waals surface area contributed by atoms with E-state index in [1.54, 1.807) is 0 Å². The number of nitrogens with two attached hydrogens (primary N) is 1. The number of aryl methyl sites for hydroxylation is 1. The van der Waals surface area contributed by atoms with Crippen LogP contribution in [0.1, 0.15) is 38.1 Å². The Labute approximate surface area is 120 Å². The molecular formula is C16H24N4. The number of fused-ring (bicyclic) bond motifs is 1. The molecule has 0 amide bonds. The molecular weight excluding hydrogens is 248 g/mol. The van der Waals surface area contributed by atoms with Crippen molar-refractivity contribution < 1.29 is 0 Å². The van der Waals surface area contributed by atoms with Crippen LogP contribution in [-0.4, -0.2) is 34.1 Å². The Morgan fingerprint density at radius 2 is 2.00 bits per heavy atom. The molecule has 4 heteroatoms. The Morgan fingerprint density at radius 3 is 2.75 bits per heavy atom. The maximum Gasteiger partial charge on any atom is 0.127 e. The molecule has 1 atom stereocenters. The third-order valence-corrected chi connectivity index (χ3v) is 4.33. The summed E-state index contributed by atoms with van der Waals surface area (Å²) in [5, 5.41) is 0. The van der Waals surface area contributed by atoms with Crippen LogP contribution in [-0.2, 0) is 6.54 Å². The van der Waals surface area contributed by atoms with E-state index >= 15 is 0 Å². The number of benzene rings is 1. The topological polar surface area (TPSA) is 47.1 Å². The molecule has 0 radical (unpaired) electrons. The van der Waals surface area contributed by atoms with Crippen LogP contribution >= 0.6 is 0 Å². The first-order valence-corrected chi connectivity index (χ1v) is 7.70. The van der Waals surface area contributed by atoms with E-state index in [-0.39, 0.29) is 0 Å². The Balaban J connectivity index is 1.99. The largest absolute Gasteiger partial charge is 0.330 e. The second-order valence-corrected chi connectivity index (χ2v) is 5.67. The third-order valence-electron chi connectivity index (χ3n) is 4.33.